The normalized spacial score (nSPS) is 14.7. The zero-order valence-corrected chi connectivity index (χ0v) is 17.1. The Morgan fingerprint density at radius 3 is 2.53 bits per heavy atom. The highest BCUT2D eigenvalue weighted by molar-refractivity contribution is 6.32. The maximum absolute atomic E-state index is 13.9. The highest BCUT2D eigenvalue weighted by atomic mass is 35.5. The quantitative estimate of drug-likeness (QED) is 0.601. The summed E-state index contributed by atoms with van der Waals surface area (Å²) in [6, 6.07) is 15.6. The van der Waals surface area contributed by atoms with Crippen molar-refractivity contribution in [1.29, 1.82) is 0 Å². The smallest absolute Gasteiger partial charge is 0.272 e. The van der Waals surface area contributed by atoms with E-state index in [-0.39, 0.29) is 18.5 Å². The van der Waals surface area contributed by atoms with Gasteiger partial charge in [0.15, 0.2) is 6.73 Å². The van der Waals surface area contributed by atoms with Crippen LogP contribution in [-0.4, -0.2) is 51.7 Å². The van der Waals surface area contributed by atoms with E-state index in [9.17, 15) is 9.18 Å². The van der Waals surface area contributed by atoms with Crippen LogP contribution in [0.1, 0.15) is 16.1 Å². The summed E-state index contributed by atoms with van der Waals surface area (Å²) in [5, 5.41) is 4.71. The van der Waals surface area contributed by atoms with E-state index in [1.807, 2.05) is 18.2 Å². The van der Waals surface area contributed by atoms with Crippen molar-refractivity contribution in [2.24, 2.45) is 0 Å². The number of rotatable bonds is 6. The lowest BCUT2D eigenvalue weighted by Crippen LogP contribution is -2.48. The van der Waals surface area contributed by atoms with Gasteiger partial charge in [0.25, 0.3) is 5.91 Å². The first-order chi connectivity index (χ1) is 14.6. The van der Waals surface area contributed by atoms with Gasteiger partial charge in [-0.3, -0.25) is 9.69 Å². The second-order valence-electron chi connectivity index (χ2n) is 7.08. The minimum absolute atomic E-state index is 0.0883. The fraction of sp³-hybridized carbons (Fsp3) is 0.273. The molecule has 0 bridgehead atoms. The van der Waals surface area contributed by atoms with Crippen molar-refractivity contribution >= 4 is 17.5 Å². The minimum Gasteiger partial charge on any atom is -0.470 e. The molecule has 0 saturated carbocycles. The number of piperazine rings is 1. The Hall–Kier alpha value is -2.90. The number of halogens is 2. The van der Waals surface area contributed by atoms with Gasteiger partial charge in [0.1, 0.15) is 17.3 Å². The first-order valence-electron chi connectivity index (χ1n) is 9.76. The molecule has 8 heteroatoms. The molecular formula is C22H22ClFN4O2. The zero-order valence-electron chi connectivity index (χ0n) is 16.4. The lowest BCUT2D eigenvalue weighted by atomic mass is 10.2. The summed E-state index contributed by atoms with van der Waals surface area (Å²) in [7, 11) is 0. The molecule has 3 aromatic rings. The minimum atomic E-state index is -0.196. The van der Waals surface area contributed by atoms with Crippen molar-refractivity contribution in [3.63, 3.8) is 0 Å². The third kappa shape index (κ3) is 4.63. The maximum Gasteiger partial charge on any atom is 0.272 e. The van der Waals surface area contributed by atoms with Crippen molar-refractivity contribution in [3.05, 3.63) is 82.9 Å². The van der Waals surface area contributed by atoms with Crippen molar-refractivity contribution in [3.8, 4) is 5.75 Å². The summed E-state index contributed by atoms with van der Waals surface area (Å²) in [6.45, 7) is 3.14. The summed E-state index contributed by atoms with van der Waals surface area (Å²) in [4.78, 5) is 16.9. The van der Waals surface area contributed by atoms with E-state index in [0.29, 0.717) is 54.8 Å². The molecule has 4 rings (SSSR count). The fourth-order valence-electron chi connectivity index (χ4n) is 3.45. The van der Waals surface area contributed by atoms with Gasteiger partial charge in [-0.2, -0.15) is 5.10 Å². The number of aromatic nitrogens is 2. The summed E-state index contributed by atoms with van der Waals surface area (Å²) in [6.07, 6.45) is 1.58. The summed E-state index contributed by atoms with van der Waals surface area (Å²) >= 11 is 6.11. The van der Waals surface area contributed by atoms with E-state index >= 15 is 0 Å². The number of carbonyl (C=O) groups excluding carboxylic acids is 1. The van der Waals surface area contributed by atoms with Crippen LogP contribution in [0.15, 0.2) is 60.8 Å². The van der Waals surface area contributed by atoms with E-state index in [1.165, 1.54) is 10.7 Å². The maximum atomic E-state index is 13.9. The van der Waals surface area contributed by atoms with Gasteiger partial charge in [-0.25, -0.2) is 9.07 Å². The molecule has 6 nitrogen and oxygen atoms in total. The molecule has 1 fully saturated rings. The lowest BCUT2D eigenvalue weighted by molar-refractivity contribution is 0.0606. The van der Waals surface area contributed by atoms with Gasteiger partial charge >= 0.3 is 0 Å². The molecular weight excluding hydrogens is 407 g/mol. The molecule has 156 valence electrons. The predicted molar refractivity (Wildman–Crippen MR) is 112 cm³/mol. The zero-order chi connectivity index (χ0) is 20.9. The molecule has 0 atom stereocenters. The SMILES string of the molecule is O=C(c1ccnn1COc1ccccc1Cl)N1CCN(Cc2ccccc2F)CC1. The van der Waals surface area contributed by atoms with Crippen LogP contribution >= 0.6 is 11.6 Å². The highest BCUT2D eigenvalue weighted by Gasteiger charge is 2.25. The third-order valence-electron chi connectivity index (χ3n) is 5.13. The number of hydrogen-bond donors (Lipinski definition) is 0. The van der Waals surface area contributed by atoms with E-state index in [1.54, 1.807) is 41.4 Å². The number of hydrogen-bond acceptors (Lipinski definition) is 4. The van der Waals surface area contributed by atoms with E-state index in [2.05, 4.69) is 10.00 Å². The molecule has 30 heavy (non-hydrogen) atoms. The van der Waals surface area contributed by atoms with Gasteiger partial charge in [0, 0.05) is 44.5 Å². The molecule has 1 amide bonds. The van der Waals surface area contributed by atoms with Gasteiger partial charge in [-0.05, 0) is 24.3 Å². The largest absolute Gasteiger partial charge is 0.470 e. The van der Waals surface area contributed by atoms with Crippen LogP contribution in [0.25, 0.3) is 0 Å². The van der Waals surface area contributed by atoms with Crippen LogP contribution in [0.5, 0.6) is 5.75 Å². The highest BCUT2D eigenvalue weighted by Crippen LogP contribution is 2.23. The number of carbonyl (C=O) groups is 1. The van der Waals surface area contributed by atoms with Crippen molar-refractivity contribution in [1.82, 2.24) is 19.6 Å². The number of nitrogens with zero attached hydrogens (tertiary/aromatic N) is 4. The summed E-state index contributed by atoms with van der Waals surface area (Å²) < 4.78 is 21.1. The van der Waals surface area contributed by atoms with E-state index in [4.69, 9.17) is 16.3 Å². The lowest BCUT2D eigenvalue weighted by Gasteiger charge is -2.34. The monoisotopic (exact) mass is 428 g/mol. The fourth-order valence-corrected chi connectivity index (χ4v) is 3.64. The molecule has 1 aromatic heterocycles. The van der Waals surface area contributed by atoms with Crippen molar-refractivity contribution in [2.75, 3.05) is 26.2 Å². The Bertz CT molecular complexity index is 1020. The Labute approximate surface area is 179 Å². The van der Waals surface area contributed by atoms with E-state index < -0.39 is 0 Å². The number of benzene rings is 2. The van der Waals surface area contributed by atoms with Gasteiger partial charge < -0.3 is 9.64 Å². The summed E-state index contributed by atoms with van der Waals surface area (Å²) in [5.74, 6) is 0.244. The van der Waals surface area contributed by atoms with E-state index in [0.717, 1.165) is 0 Å². The summed E-state index contributed by atoms with van der Waals surface area (Å²) in [5.41, 5.74) is 1.14. The van der Waals surface area contributed by atoms with Crippen LogP contribution in [-0.2, 0) is 13.3 Å². The first kappa shape index (κ1) is 20.4. The average molecular weight is 429 g/mol. The van der Waals surface area contributed by atoms with Crippen LogP contribution in [0, 0.1) is 5.82 Å². The Morgan fingerprint density at radius 2 is 1.77 bits per heavy atom. The van der Waals surface area contributed by atoms with Gasteiger partial charge in [-0.1, -0.05) is 41.9 Å². The standard InChI is InChI=1S/C22H22ClFN4O2/c23-18-6-2-4-8-21(18)30-16-28-20(9-10-25-28)22(29)27-13-11-26(12-14-27)15-17-5-1-3-7-19(17)24/h1-10H,11-16H2. The average Bonchev–Trinajstić information content (AvgIpc) is 3.23. The van der Waals surface area contributed by atoms with Crippen LogP contribution in [0.2, 0.25) is 5.02 Å². The predicted octanol–water partition coefficient (Wildman–Crippen LogP) is 3.67. The molecule has 1 saturated heterocycles. The molecule has 1 aliphatic rings. The molecule has 2 aromatic carbocycles. The molecule has 0 unspecified atom stereocenters. The van der Waals surface area contributed by atoms with Crippen LogP contribution in [0.4, 0.5) is 4.39 Å². The molecule has 2 heterocycles. The van der Waals surface area contributed by atoms with Crippen LogP contribution < -0.4 is 4.74 Å². The second-order valence-corrected chi connectivity index (χ2v) is 7.49. The Morgan fingerprint density at radius 1 is 1.03 bits per heavy atom. The van der Waals surface area contributed by atoms with Crippen molar-refractivity contribution < 1.29 is 13.9 Å². The molecule has 0 N–H and O–H groups in total. The number of amides is 1. The number of ether oxygens (including phenoxy) is 1. The third-order valence-corrected chi connectivity index (χ3v) is 5.44. The molecule has 0 spiro atoms. The molecule has 0 radical (unpaired) electrons. The number of para-hydroxylation sites is 1. The molecule has 1 aliphatic heterocycles. The van der Waals surface area contributed by atoms with Crippen LogP contribution in [0.3, 0.4) is 0 Å². The molecule has 0 aliphatic carbocycles. The Kier molecular flexibility index (Phi) is 6.30. The van der Waals surface area contributed by atoms with Gasteiger partial charge in [0.2, 0.25) is 0 Å². The Balaban J connectivity index is 1.34. The topological polar surface area (TPSA) is 50.6 Å². The second kappa shape index (κ2) is 9.28. The first-order valence-corrected chi connectivity index (χ1v) is 10.1. The van der Waals surface area contributed by atoms with Gasteiger partial charge in [0.05, 0.1) is 5.02 Å². The van der Waals surface area contributed by atoms with Gasteiger partial charge in [-0.15, -0.1) is 0 Å². The van der Waals surface area contributed by atoms with Crippen molar-refractivity contribution in [2.45, 2.75) is 13.3 Å².